The molecule has 0 aliphatic heterocycles. The molecular formula is C15H12N4O2. The highest BCUT2D eigenvalue weighted by molar-refractivity contribution is 5.97. The summed E-state index contributed by atoms with van der Waals surface area (Å²) in [7, 11) is 0. The van der Waals surface area contributed by atoms with Gasteiger partial charge in [0.15, 0.2) is 0 Å². The van der Waals surface area contributed by atoms with E-state index in [1.54, 1.807) is 48.8 Å². The van der Waals surface area contributed by atoms with Crippen LogP contribution in [0, 0.1) is 0 Å². The third-order valence-electron chi connectivity index (χ3n) is 2.93. The number of hydrogen-bond acceptors (Lipinski definition) is 4. The van der Waals surface area contributed by atoms with Crippen LogP contribution in [0.2, 0.25) is 0 Å². The van der Waals surface area contributed by atoms with E-state index in [4.69, 9.17) is 0 Å². The van der Waals surface area contributed by atoms with E-state index in [0.29, 0.717) is 11.1 Å². The maximum Gasteiger partial charge on any atom is 0.271 e. The first kappa shape index (κ1) is 12.9. The van der Waals surface area contributed by atoms with E-state index in [1.165, 1.54) is 6.21 Å². The molecule has 2 aromatic carbocycles. The Labute approximate surface area is 120 Å². The summed E-state index contributed by atoms with van der Waals surface area (Å²) in [6.07, 6.45) is 3.04. The van der Waals surface area contributed by atoms with Gasteiger partial charge in [0.1, 0.15) is 5.75 Å². The minimum absolute atomic E-state index is 0.148. The van der Waals surface area contributed by atoms with Crippen molar-refractivity contribution >= 4 is 23.2 Å². The first-order valence-electron chi connectivity index (χ1n) is 6.28. The molecule has 21 heavy (non-hydrogen) atoms. The smallest absolute Gasteiger partial charge is 0.271 e. The van der Waals surface area contributed by atoms with Gasteiger partial charge in [-0.05, 0) is 35.9 Å². The number of imidazole rings is 1. The zero-order chi connectivity index (χ0) is 14.7. The molecule has 1 aromatic heterocycles. The third-order valence-corrected chi connectivity index (χ3v) is 2.93. The summed E-state index contributed by atoms with van der Waals surface area (Å²) in [5.41, 5.74) is 5.21. The Kier molecular flexibility index (Phi) is 3.34. The van der Waals surface area contributed by atoms with Gasteiger partial charge in [0.25, 0.3) is 5.91 Å². The first-order chi connectivity index (χ1) is 10.2. The number of carbonyl (C=O) groups is 1. The number of amides is 1. The van der Waals surface area contributed by atoms with Crippen LogP contribution in [-0.4, -0.2) is 27.2 Å². The van der Waals surface area contributed by atoms with E-state index in [1.807, 2.05) is 0 Å². The lowest BCUT2D eigenvalue weighted by Gasteiger charge is -2.00. The van der Waals surface area contributed by atoms with Crippen molar-refractivity contribution in [1.82, 2.24) is 15.4 Å². The predicted octanol–water partition coefficient (Wildman–Crippen LogP) is 2.03. The van der Waals surface area contributed by atoms with Crippen molar-refractivity contribution in [3.05, 3.63) is 59.9 Å². The fourth-order valence-electron chi connectivity index (χ4n) is 1.91. The number of phenolic OH excluding ortho intramolecular Hbond substituents is 1. The number of nitrogens with one attached hydrogen (secondary N) is 2. The number of fused-ring (bicyclic) bond motifs is 1. The van der Waals surface area contributed by atoms with Gasteiger partial charge in [0.05, 0.1) is 23.6 Å². The zero-order valence-electron chi connectivity index (χ0n) is 10.9. The van der Waals surface area contributed by atoms with Crippen LogP contribution in [0.25, 0.3) is 11.0 Å². The zero-order valence-corrected chi connectivity index (χ0v) is 10.9. The molecule has 0 aliphatic carbocycles. The lowest BCUT2D eigenvalue weighted by molar-refractivity contribution is 0.0955. The first-order valence-corrected chi connectivity index (χ1v) is 6.28. The monoisotopic (exact) mass is 280 g/mol. The van der Waals surface area contributed by atoms with Crippen LogP contribution in [-0.2, 0) is 0 Å². The van der Waals surface area contributed by atoms with Gasteiger partial charge in [-0.1, -0.05) is 12.1 Å². The average Bonchev–Trinajstić information content (AvgIpc) is 2.94. The number of hydrogen-bond donors (Lipinski definition) is 3. The number of aromatic amines is 1. The summed E-state index contributed by atoms with van der Waals surface area (Å²) in [6, 6.07) is 11.7. The lowest BCUT2D eigenvalue weighted by atomic mass is 10.2. The Bertz CT molecular complexity index is 823. The quantitative estimate of drug-likeness (QED) is 0.506. The predicted molar refractivity (Wildman–Crippen MR) is 79.3 cm³/mol. The Hall–Kier alpha value is -3.15. The summed E-state index contributed by atoms with van der Waals surface area (Å²) >= 11 is 0. The van der Waals surface area contributed by atoms with E-state index in [0.717, 1.165) is 11.0 Å². The fourth-order valence-corrected chi connectivity index (χ4v) is 1.91. The maximum absolute atomic E-state index is 12.0. The van der Waals surface area contributed by atoms with Gasteiger partial charge in [0.2, 0.25) is 0 Å². The van der Waals surface area contributed by atoms with Crippen LogP contribution >= 0.6 is 0 Å². The summed E-state index contributed by atoms with van der Waals surface area (Å²) in [4.78, 5) is 19.0. The molecule has 3 N–H and O–H groups in total. The number of carbonyl (C=O) groups excluding carboxylic acids is 1. The number of nitrogens with zero attached hydrogens (tertiary/aromatic N) is 2. The van der Waals surface area contributed by atoms with Crippen molar-refractivity contribution in [2.75, 3.05) is 0 Å². The third kappa shape index (κ3) is 2.89. The molecule has 0 fully saturated rings. The molecule has 0 radical (unpaired) electrons. The van der Waals surface area contributed by atoms with Gasteiger partial charge in [-0.25, -0.2) is 10.4 Å². The molecule has 0 saturated heterocycles. The van der Waals surface area contributed by atoms with E-state index in [-0.39, 0.29) is 11.7 Å². The number of rotatable bonds is 3. The van der Waals surface area contributed by atoms with Crippen LogP contribution in [0.15, 0.2) is 53.9 Å². The standard InChI is InChI=1S/C15H12N4O2/c20-12-3-1-2-10(6-12)8-18-19-15(21)11-4-5-13-14(7-11)17-9-16-13/h1-9,20H,(H,16,17)(H,19,21)/b18-8+. The largest absolute Gasteiger partial charge is 0.508 e. The van der Waals surface area contributed by atoms with Crippen LogP contribution in [0.1, 0.15) is 15.9 Å². The van der Waals surface area contributed by atoms with Gasteiger partial charge in [-0.15, -0.1) is 0 Å². The number of hydrazone groups is 1. The number of phenols is 1. The van der Waals surface area contributed by atoms with E-state index in [9.17, 15) is 9.90 Å². The van der Waals surface area contributed by atoms with Crippen LogP contribution in [0.4, 0.5) is 0 Å². The molecule has 1 heterocycles. The van der Waals surface area contributed by atoms with Crippen LogP contribution < -0.4 is 5.43 Å². The highest BCUT2D eigenvalue weighted by Crippen LogP contribution is 2.11. The molecule has 6 nitrogen and oxygen atoms in total. The summed E-state index contributed by atoms with van der Waals surface area (Å²) in [5, 5.41) is 13.2. The molecule has 0 spiro atoms. The second-order valence-corrected chi connectivity index (χ2v) is 4.43. The molecule has 0 saturated carbocycles. The van der Waals surface area contributed by atoms with Crippen molar-refractivity contribution in [1.29, 1.82) is 0 Å². The molecule has 0 atom stereocenters. The fraction of sp³-hybridized carbons (Fsp3) is 0. The van der Waals surface area contributed by atoms with Gasteiger partial charge >= 0.3 is 0 Å². The minimum Gasteiger partial charge on any atom is -0.508 e. The van der Waals surface area contributed by atoms with Crippen LogP contribution in [0.5, 0.6) is 5.75 Å². The lowest BCUT2D eigenvalue weighted by Crippen LogP contribution is -2.17. The molecule has 104 valence electrons. The van der Waals surface area contributed by atoms with Crippen molar-refractivity contribution in [3.63, 3.8) is 0 Å². The van der Waals surface area contributed by atoms with E-state index in [2.05, 4.69) is 20.5 Å². The molecule has 0 bridgehead atoms. The van der Waals surface area contributed by atoms with Gasteiger partial charge in [-0.3, -0.25) is 4.79 Å². The summed E-state index contributed by atoms with van der Waals surface area (Å²) in [5.74, 6) is -0.169. The highest BCUT2D eigenvalue weighted by atomic mass is 16.3. The Morgan fingerprint density at radius 2 is 2.19 bits per heavy atom. The Balaban J connectivity index is 1.71. The molecular weight excluding hydrogens is 268 g/mol. The average molecular weight is 280 g/mol. The molecule has 3 aromatic rings. The Morgan fingerprint density at radius 3 is 3.05 bits per heavy atom. The van der Waals surface area contributed by atoms with Crippen molar-refractivity contribution < 1.29 is 9.90 Å². The molecule has 1 amide bonds. The van der Waals surface area contributed by atoms with E-state index < -0.39 is 0 Å². The summed E-state index contributed by atoms with van der Waals surface area (Å²) < 4.78 is 0. The van der Waals surface area contributed by atoms with Gasteiger partial charge in [-0.2, -0.15) is 5.10 Å². The van der Waals surface area contributed by atoms with Gasteiger partial charge < -0.3 is 10.1 Å². The van der Waals surface area contributed by atoms with Crippen molar-refractivity contribution in [3.8, 4) is 5.75 Å². The summed E-state index contributed by atoms with van der Waals surface area (Å²) in [6.45, 7) is 0. The second kappa shape index (κ2) is 5.46. The number of aromatic nitrogens is 2. The molecule has 3 rings (SSSR count). The minimum atomic E-state index is -0.317. The highest BCUT2D eigenvalue weighted by Gasteiger charge is 2.06. The SMILES string of the molecule is O=C(N/N=C/c1cccc(O)c1)c1ccc2nc[nH]c2c1. The number of H-pyrrole nitrogens is 1. The Morgan fingerprint density at radius 1 is 1.29 bits per heavy atom. The normalized spacial score (nSPS) is 11.0. The topological polar surface area (TPSA) is 90.4 Å². The van der Waals surface area contributed by atoms with E-state index >= 15 is 0 Å². The van der Waals surface area contributed by atoms with Crippen molar-refractivity contribution in [2.45, 2.75) is 0 Å². The van der Waals surface area contributed by atoms with Crippen LogP contribution in [0.3, 0.4) is 0 Å². The molecule has 0 aliphatic rings. The number of benzene rings is 2. The molecule has 6 heteroatoms. The molecule has 0 unspecified atom stereocenters. The number of aromatic hydroxyl groups is 1. The maximum atomic E-state index is 12.0. The second-order valence-electron chi connectivity index (χ2n) is 4.43. The van der Waals surface area contributed by atoms with Crippen molar-refractivity contribution in [2.24, 2.45) is 5.10 Å². The van der Waals surface area contributed by atoms with Gasteiger partial charge in [0, 0.05) is 5.56 Å².